The van der Waals surface area contributed by atoms with Crippen molar-refractivity contribution in [3.05, 3.63) is 48.0 Å². The second-order valence-electron chi connectivity index (χ2n) is 4.45. The zero-order valence-corrected chi connectivity index (χ0v) is 11.3. The summed E-state index contributed by atoms with van der Waals surface area (Å²) in [5.74, 6) is -1.50. The first-order valence-corrected chi connectivity index (χ1v) is 6.16. The molecule has 0 unspecified atom stereocenters. The van der Waals surface area contributed by atoms with Crippen LogP contribution in [0.3, 0.4) is 0 Å². The Labute approximate surface area is 121 Å². The molecule has 6 heteroatoms. The molecule has 0 aliphatic carbocycles. The van der Waals surface area contributed by atoms with E-state index < -0.39 is 11.8 Å². The summed E-state index contributed by atoms with van der Waals surface area (Å²) in [6.07, 6.45) is 0. The van der Waals surface area contributed by atoms with E-state index in [4.69, 9.17) is 5.11 Å². The van der Waals surface area contributed by atoms with Gasteiger partial charge in [0.15, 0.2) is 0 Å². The van der Waals surface area contributed by atoms with Crippen molar-refractivity contribution in [2.45, 2.75) is 6.92 Å². The second kappa shape index (κ2) is 5.96. The Kier molecular flexibility index (Phi) is 4.08. The lowest BCUT2D eigenvalue weighted by molar-refractivity contribution is -0.133. The van der Waals surface area contributed by atoms with E-state index in [1.165, 1.54) is 42.5 Å². The van der Waals surface area contributed by atoms with Gasteiger partial charge >= 0.3 is 11.8 Å². The van der Waals surface area contributed by atoms with Crippen molar-refractivity contribution in [3.63, 3.8) is 0 Å². The van der Waals surface area contributed by atoms with E-state index >= 15 is 0 Å². The Balaban J connectivity index is 2.02. The predicted octanol–water partition coefficient (Wildman–Crippen LogP) is 1.98. The monoisotopic (exact) mass is 286 g/mol. The van der Waals surface area contributed by atoms with Crippen LogP contribution in [0.2, 0.25) is 0 Å². The molecule has 0 aromatic heterocycles. The number of amides is 2. The standard InChI is InChI=1S/C15H14N2O4/c1-9-8-12(19)6-7-13(9)17-15(21)14(20)16-10-2-4-11(18)5-3-10/h2-8,18-19H,1H3,(H,16,20)(H,17,21). The van der Waals surface area contributed by atoms with E-state index in [-0.39, 0.29) is 11.5 Å². The van der Waals surface area contributed by atoms with Crippen LogP contribution < -0.4 is 10.6 Å². The molecule has 0 spiro atoms. The van der Waals surface area contributed by atoms with Gasteiger partial charge in [0, 0.05) is 11.4 Å². The first-order valence-electron chi connectivity index (χ1n) is 6.16. The van der Waals surface area contributed by atoms with Gasteiger partial charge in [-0.3, -0.25) is 9.59 Å². The number of phenols is 2. The third-order valence-corrected chi connectivity index (χ3v) is 2.79. The number of carbonyl (C=O) groups is 2. The van der Waals surface area contributed by atoms with E-state index in [9.17, 15) is 14.7 Å². The maximum atomic E-state index is 11.8. The van der Waals surface area contributed by atoms with Crippen LogP contribution in [0.5, 0.6) is 11.5 Å². The molecular weight excluding hydrogens is 272 g/mol. The van der Waals surface area contributed by atoms with Crippen LogP contribution >= 0.6 is 0 Å². The van der Waals surface area contributed by atoms with Gasteiger partial charge in [0.25, 0.3) is 0 Å². The van der Waals surface area contributed by atoms with E-state index in [1.54, 1.807) is 6.92 Å². The summed E-state index contributed by atoms with van der Waals surface area (Å²) in [5, 5.41) is 23.3. The molecule has 4 N–H and O–H groups in total. The van der Waals surface area contributed by atoms with Gasteiger partial charge in [-0.05, 0) is 55.0 Å². The smallest absolute Gasteiger partial charge is 0.314 e. The van der Waals surface area contributed by atoms with E-state index in [0.717, 1.165) is 0 Å². The predicted molar refractivity (Wildman–Crippen MR) is 78.2 cm³/mol. The lowest BCUT2D eigenvalue weighted by atomic mass is 10.2. The lowest BCUT2D eigenvalue weighted by Gasteiger charge is -2.09. The van der Waals surface area contributed by atoms with Gasteiger partial charge in [-0.2, -0.15) is 0 Å². The van der Waals surface area contributed by atoms with Crippen LogP contribution in [0.4, 0.5) is 11.4 Å². The summed E-state index contributed by atoms with van der Waals surface area (Å²) in [5.41, 5.74) is 1.48. The molecule has 2 amide bonds. The normalized spacial score (nSPS) is 9.95. The molecule has 0 aliphatic rings. The quantitative estimate of drug-likeness (QED) is 0.501. The van der Waals surface area contributed by atoms with Gasteiger partial charge < -0.3 is 20.8 Å². The molecule has 0 atom stereocenters. The van der Waals surface area contributed by atoms with Crippen LogP contribution in [0, 0.1) is 6.92 Å². The first kappa shape index (κ1) is 14.4. The molecule has 0 heterocycles. The maximum absolute atomic E-state index is 11.8. The number of carbonyl (C=O) groups excluding carboxylic acids is 2. The molecule has 6 nitrogen and oxygen atoms in total. The van der Waals surface area contributed by atoms with Crippen molar-refractivity contribution in [2.75, 3.05) is 10.6 Å². The number of aryl methyl sites for hydroxylation is 1. The fraction of sp³-hybridized carbons (Fsp3) is 0.0667. The Morgan fingerprint density at radius 1 is 0.857 bits per heavy atom. The first-order chi connectivity index (χ1) is 9.95. The average molecular weight is 286 g/mol. The van der Waals surface area contributed by atoms with Crippen molar-refractivity contribution in [2.24, 2.45) is 0 Å². The van der Waals surface area contributed by atoms with Crippen molar-refractivity contribution >= 4 is 23.2 Å². The van der Waals surface area contributed by atoms with Crippen molar-refractivity contribution in [1.29, 1.82) is 0 Å². The molecule has 108 valence electrons. The van der Waals surface area contributed by atoms with Crippen LogP contribution in [0.25, 0.3) is 0 Å². The molecule has 0 saturated heterocycles. The molecule has 0 aliphatic heterocycles. The molecule has 2 aromatic rings. The van der Waals surface area contributed by atoms with Gasteiger partial charge in [0.2, 0.25) is 0 Å². The number of aromatic hydroxyl groups is 2. The Morgan fingerprint density at radius 2 is 1.43 bits per heavy atom. The van der Waals surface area contributed by atoms with Crippen LogP contribution in [0.1, 0.15) is 5.56 Å². The highest BCUT2D eigenvalue weighted by atomic mass is 16.3. The van der Waals surface area contributed by atoms with Gasteiger partial charge in [-0.15, -0.1) is 0 Å². The number of hydrogen-bond donors (Lipinski definition) is 4. The number of hydrogen-bond acceptors (Lipinski definition) is 4. The van der Waals surface area contributed by atoms with Gasteiger partial charge in [0.05, 0.1) is 0 Å². The molecule has 0 fully saturated rings. The minimum Gasteiger partial charge on any atom is -0.508 e. The third kappa shape index (κ3) is 3.73. The average Bonchev–Trinajstić information content (AvgIpc) is 2.44. The second-order valence-corrected chi connectivity index (χ2v) is 4.45. The largest absolute Gasteiger partial charge is 0.508 e. The fourth-order valence-corrected chi connectivity index (χ4v) is 1.70. The molecular formula is C15H14N2O4. The summed E-state index contributed by atoms with van der Waals surface area (Å²) in [6.45, 7) is 1.70. The van der Waals surface area contributed by atoms with Crippen LogP contribution in [-0.4, -0.2) is 22.0 Å². The van der Waals surface area contributed by atoms with Crippen molar-refractivity contribution < 1.29 is 19.8 Å². The highest BCUT2D eigenvalue weighted by molar-refractivity contribution is 6.43. The topological polar surface area (TPSA) is 98.7 Å². The summed E-state index contributed by atoms with van der Waals surface area (Å²) >= 11 is 0. The summed E-state index contributed by atoms with van der Waals surface area (Å²) in [4.78, 5) is 23.5. The van der Waals surface area contributed by atoms with Crippen LogP contribution in [0.15, 0.2) is 42.5 Å². The summed E-state index contributed by atoms with van der Waals surface area (Å²) in [7, 11) is 0. The van der Waals surface area contributed by atoms with Crippen molar-refractivity contribution in [3.8, 4) is 11.5 Å². The molecule has 2 rings (SSSR count). The maximum Gasteiger partial charge on any atom is 0.314 e. The minimum atomic E-state index is -0.826. The van der Waals surface area contributed by atoms with Gasteiger partial charge in [-0.1, -0.05) is 0 Å². The van der Waals surface area contributed by atoms with Gasteiger partial charge in [-0.25, -0.2) is 0 Å². The number of anilines is 2. The minimum absolute atomic E-state index is 0.0668. The number of phenolic OH excluding ortho intramolecular Hbond substituents is 2. The Bertz CT molecular complexity index is 681. The summed E-state index contributed by atoms with van der Waals surface area (Å²) < 4.78 is 0. The highest BCUT2D eigenvalue weighted by Crippen LogP contribution is 2.20. The lowest BCUT2D eigenvalue weighted by Crippen LogP contribution is -2.29. The van der Waals surface area contributed by atoms with E-state index in [2.05, 4.69) is 10.6 Å². The van der Waals surface area contributed by atoms with E-state index in [0.29, 0.717) is 16.9 Å². The molecule has 21 heavy (non-hydrogen) atoms. The Hall–Kier alpha value is -3.02. The SMILES string of the molecule is Cc1cc(O)ccc1NC(=O)C(=O)Nc1ccc(O)cc1. The molecule has 2 aromatic carbocycles. The number of rotatable bonds is 2. The third-order valence-electron chi connectivity index (χ3n) is 2.79. The van der Waals surface area contributed by atoms with Crippen LogP contribution in [-0.2, 0) is 9.59 Å². The van der Waals surface area contributed by atoms with E-state index in [1.807, 2.05) is 0 Å². The molecule has 0 saturated carbocycles. The zero-order chi connectivity index (χ0) is 15.4. The Morgan fingerprint density at radius 3 is 2.05 bits per heavy atom. The molecule has 0 radical (unpaired) electrons. The van der Waals surface area contributed by atoms with Gasteiger partial charge in [0.1, 0.15) is 11.5 Å². The number of nitrogens with one attached hydrogen (secondary N) is 2. The van der Waals surface area contributed by atoms with Crippen molar-refractivity contribution in [1.82, 2.24) is 0 Å². The number of benzene rings is 2. The highest BCUT2D eigenvalue weighted by Gasteiger charge is 2.15. The summed E-state index contributed by atoms with van der Waals surface area (Å²) in [6, 6.07) is 10.2. The fourth-order valence-electron chi connectivity index (χ4n) is 1.70. The molecule has 0 bridgehead atoms. The zero-order valence-electron chi connectivity index (χ0n) is 11.3.